The van der Waals surface area contributed by atoms with Crippen LogP contribution in [0.4, 0.5) is 0 Å². The minimum atomic E-state index is 1.26. The van der Waals surface area contributed by atoms with Gasteiger partial charge in [-0.3, -0.25) is 0 Å². The molecule has 0 unspecified atom stereocenters. The van der Waals surface area contributed by atoms with Gasteiger partial charge in [0.2, 0.25) is 0 Å². The number of aryl methyl sites for hydroxylation is 2. The van der Waals surface area contributed by atoms with Gasteiger partial charge in [0.1, 0.15) is 0 Å². The Morgan fingerprint density at radius 2 is 1.33 bits per heavy atom. The van der Waals surface area contributed by atoms with Crippen molar-refractivity contribution in [3.05, 3.63) is 72.8 Å². The molecular weight excluding hydrogens is 292 g/mol. The summed E-state index contributed by atoms with van der Waals surface area (Å²) in [6, 6.07) is 26.1. The van der Waals surface area contributed by atoms with Gasteiger partial charge >= 0.3 is 0 Å². The first-order valence-electron chi connectivity index (χ1n) is 8.26. The van der Waals surface area contributed by atoms with Crippen molar-refractivity contribution in [3.8, 4) is 11.3 Å². The van der Waals surface area contributed by atoms with Gasteiger partial charge in [0.05, 0.1) is 0 Å². The molecule has 0 amide bonds. The topological polar surface area (TPSA) is 9.86 Å². The molecule has 0 saturated heterocycles. The minimum Gasteiger partial charge on any atom is -0.344 e. The molecule has 0 N–H and O–H groups in total. The van der Waals surface area contributed by atoms with E-state index in [1.54, 1.807) is 0 Å². The summed E-state index contributed by atoms with van der Waals surface area (Å²) in [7, 11) is 4.30. The average Bonchev–Trinajstić information content (AvgIpc) is 3.12. The number of para-hydroxylation sites is 2. The van der Waals surface area contributed by atoms with Gasteiger partial charge in [-0.15, -0.1) is 0 Å². The van der Waals surface area contributed by atoms with Gasteiger partial charge in [0.25, 0.3) is 0 Å². The predicted octanol–water partition coefficient (Wildman–Crippen LogP) is 5.49. The van der Waals surface area contributed by atoms with Crippen LogP contribution < -0.4 is 0 Å². The number of fused-ring (bicyclic) bond motifs is 4. The zero-order valence-corrected chi connectivity index (χ0v) is 13.8. The van der Waals surface area contributed by atoms with E-state index in [-0.39, 0.29) is 0 Å². The zero-order valence-electron chi connectivity index (χ0n) is 13.8. The van der Waals surface area contributed by atoms with E-state index in [0.29, 0.717) is 0 Å². The lowest BCUT2D eigenvalue weighted by atomic mass is 10.0. The van der Waals surface area contributed by atoms with Crippen LogP contribution in [0.3, 0.4) is 0 Å². The zero-order chi connectivity index (χ0) is 16.3. The van der Waals surface area contributed by atoms with E-state index in [1.807, 2.05) is 0 Å². The Morgan fingerprint density at radius 1 is 0.625 bits per heavy atom. The second-order valence-electron chi connectivity index (χ2n) is 6.42. The highest BCUT2D eigenvalue weighted by atomic mass is 15.0. The van der Waals surface area contributed by atoms with Gasteiger partial charge < -0.3 is 9.13 Å². The molecule has 116 valence electrons. The van der Waals surface area contributed by atoms with Crippen LogP contribution in [0.2, 0.25) is 0 Å². The first kappa shape index (κ1) is 13.4. The van der Waals surface area contributed by atoms with Gasteiger partial charge in [-0.05, 0) is 24.3 Å². The summed E-state index contributed by atoms with van der Waals surface area (Å²) < 4.78 is 4.59. The number of benzene rings is 3. The molecule has 0 spiro atoms. The minimum absolute atomic E-state index is 1.26. The molecule has 24 heavy (non-hydrogen) atoms. The van der Waals surface area contributed by atoms with Crippen molar-refractivity contribution in [2.75, 3.05) is 0 Å². The fraction of sp³-hybridized carbons (Fsp3) is 0.0909. The van der Waals surface area contributed by atoms with Crippen molar-refractivity contribution >= 4 is 32.7 Å². The van der Waals surface area contributed by atoms with Gasteiger partial charge in [0, 0.05) is 58.1 Å². The Morgan fingerprint density at radius 3 is 2.17 bits per heavy atom. The highest BCUT2D eigenvalue weighted by Crippen LogP contribution is 2.37. The van der Waals surface area contributed by atoms with Crippen LogP contribution in [0, 0.1) is 0 Å². The first-order chi connectivity index (χ1) is 11.8. The van der Waals surface area contributed by atoms with E-state index < -0.39 is 0 Å². The van der Waals surface area contributed by atoms with Crippen molar-refractivity contribution in [3.63, 3.8) is 0 Å². The van der Waals surface area contributed by atoms with E-state index in [9.17, 15) is 0 Å². The summed E-state index contributed by atoms with van der Waals surface area (Å²) in [5, 5.41) is 3.93. The Hall–Kier alpha value is -3.00. The van der Waals surface area contributed by atoms with E-state index in [0.717, 1.165) is 0 Å². The van der Waals surface area contributed by atoms with E-state index in [2.05, 4.69) is 96.0 Å². The number of hydrogen-bond acceptors (Lipinski definition) is 0. The second-order valence-corrected chi connectivity index (χ2v) is 6.42. The SMILES string of the molecule is Cn1c(-c2cccc3c2c2ccccc2n3C)cc2ccccc21. The maximum Gasteiger partial charge on any atom is 0.0495 e. The smallest absolute Gasteiger partial charge is 0.0495 e. The van der Waals surface area contributed by atoms with Crippen molar-refractivity contribution in [2.24, 2.45) is 14.1 Å². The molecule has 0 aliphatic rings. The number of hydrogen-bond donors (Lipinski definition) is 0. The number of aromatic nitrogens is 2. The molecule has 0 fully saturated rings. The molecule has 0 aliphatic heterocycles. The predicted molar refractivity (Wildman–Crippen MR) is 102 cm³/mol. The van der Waals surface area contributed by atoms with Gasteiger partial charge in [-0.2, -0.15) is 0 Å². The molecule has 0 saturated carbocycles. The molecule has 0 atom stereocenters. The Labute approximate surface area is 140 Å². The molecule has 2 heterocycles. The van der Waals surface area contributed by atoms with E-state index in [4.69, 9.17) is 0 Å². The van der Waals surface area contributed by atoms with Crippen molar-refractivity contribution in [2.45, 2.75) is 0 Å². The largest absolute Gasteiger partial charge is 0.344 e. The Bertz CT molecular complexity index is 1220. The maximum absolute atomic E-state index is 2.30. The fourth-order valence-corrected chi connectivity index (χ4v) is 3.97. The molecule has 2 heteroatoms. The second kappa shape index (κ2) is 4.75. The van der Waals surface area contributed by atoms with Crippen LogP contribution in [-0.2, 0) is 14.1 Å². The third kappa shape index (κ3) is 1.65. The molecule has 2 aromatic heterocycles. The summed E-state index contributed by atoms with van der Waals surface area (Å²) in [6.07, 6.45) is 0. The van der Waals surface area contributed by atoms with Crippen molar-refractivity contribution in [1.82, 2.24) is 9.13 Å². The quantitative estimate of drug-likeness (QED) is 0.387. The highest BCUT2D eigenvalue weighted by Gasteiger charge is 2.15. The average molecular weight is 310 g/mol. The molecule has 5 aromatic rings. The lowest BCUT2D eigenvalue weighted by Crippen LogP contribution is -1.92. The highest BCUT2D eigenvalue weighted by molar-refractivity contribution is 6.15. The molecule has 0 bridgehead atoms. The molecule has 5 rings (SSSR count). The monoisotopic (exact) mass is 310 g/mol. The van der Waals surface area contributed by atoms with Crippen LogP contribution in [0.15, 0.2) is 72.8 Å². The summed E-state index contributed by atoms with van der Waals surface area (Å²) in [5.74, 6) is 0. The Balaban J connectivity index is 1.96. The molecule has 0 radical (unpaired) electrons. The first-order valence-corrected chi connectivity index (χ1v) is 8.26. The van der Waals surface area contributed by atoms with E-state index >= 15 is 0 Å². The number of nitrogens with zero attached hydrogens (tertiary/aromatic N) is 2. The third-order valence-corrected chi connectivity index (χ3v) is 5.17. The van der Waals surface area contributed by atoms with Gasteiger partial charge in [0.15, 0.2) is 0 Å². The summed E-state index contributed by atoms with van der Waals surface area (Å²) in [5.41, 5.74) is 6.38. The van der Waals surface area contributed by atoms with Crippen LogP contribution >= 0.6 is 0 Å². The Kier molecular flexibility index (Phi) is 2.66. The van der Waals surface area contributed by atoms with Gasteiger partial charge in [-0.25, -0.2) is 0 Å². The number of rotatable bonds is 1. The summed E-state index contributed by atoms with van der Waals surface area (Å²) in [4.78, 5) is 0. The third-order valence-electron chi connectivity index (χ3n) is 5.17. The molecular formula is C22H18N2. The van der Waals surface area contributed by atoms with Crippen LogP contribution in [0.25, 0.3) is 44.0 Å². The fourth-order valence-electron chi connectivity index (χ4n) is 3.97. The van der Waals surface area contributed by atoms with Crippen molar-refractivity contribution in [1.29, 1.82) is 0 Å². The summed E-state index contributed by atoms with van der Waals surface area (Å²) in [6.45, 7) is 0. The lowest BCUT2D eigenvalue weighted by Gasteiger charge is -2.07. The van der Waals surface area contributed by atoms with Crippen LogP contribution in [0.5, 0.6) is 0 Å². The van der Waals surface area contributed by atoms with Crippen LogP contribution in [0.1, 0.15) is 0 Å². The van der Waals surface area contributed by atoms with E-state index in [1.165, 1.54) is 44.0 Å². The van der Waals surface area contributed by atoms with Crippen LogP contribution in [-0.4, -0.2) is 9.13 Å². The molecule has 3 aromatic carbocycles. The summed E-state index contributed by atoms with van der Waals surface area (Å²) >= 11 is 0. The van der Waals surface area contributed by atoms with Gasteiger partial charge in [-0.1, -0.05) is 48.5 Å². The molecule has 0 aliphatic carbocycles. The lowest BCUT2D eigenvalue weighted by molar-refractivity contribution is 0.979. The standard InChI is InChI=1S/C22H18N2/c1-23-18-11-5-3-8-15(18)14-21(23)17-10-7-13-20-22(17)16-9-4-6-12-19(16)24(20)2/h3-14H,1-2H3. The van der Waals surface area contributed by atoms with Crippen molar-refractivity contribution < 1.29 is 0 Å². The maximum atomic E-state index is 2.30. The normalized spacial score (nSPS) is 11.8. The molecule has 2 nitrogen and oxygen atoms in total.